The van der Waals surface area contributed by atoms with Gasteiger partial charge >= 0.3 is 6.09 Å². The van der Waals surface area contributed by atoms with Crippen LogP contribution in [0.4, 0.5) is 4.79 Å². The molecule has 1 aliphatic carbocycles. The fraction of sp³-hybridized carbons (Fsp3) is 0.375. The van der Waals surface area contributed by atoms with E-state index in [2.05, 4.69) is 15.9 Å². The SMILES string of the molecule is C#Cc1ccc2nc([C@@H]3CC4(CC4)CN3C(=O)O)[nH]c2c1. The summed E-state index contributed by atoms with van der Waals surface area (Å²) in [5, 5.41) is 9.42. The molecule has 5 heteroatoms. The minimum absolute atomic E-state index is 0.174. The number of nitrogens with one attached hydrogen (secondary N) is 1. The number of aromatic amines is 1. The van der Waals surface area contributed by atoms with E-state index in [-0.39, 0.29) is 11.5 Å². The molecule has 1 amide bonds. The van der Waals surface area contributed by atoms with Gasteiger partial charge in [-0.15, -0.1) is 6.42 Å². The van der Waals surface area contributed by atoms with Crippen LogP contribution in [0.5, 0.6) is 0 Å². The maximum Gasteiger partial charge on any atom is 0.407 e. The van der Waals surface area contributed by atoms with Crippen LogP contribution in [0.2, 0.25) is 0 Å². The van der Waals surface area contributed by atoms with Crippen LogP contribution in [-0.4, -0.2) is 32.6 Å². The van der Waals surface area contributed by atoms with Gasteiger partial charge in [0, 0.05) is 12.1 Å². The first-order chi connectivity index (χ1) is 10.1. The van der Waals surface area contributed by atoms with Crippen molar-refractivity contribution in [2.24, 2.45) is 5.41 Å². The zero-order chi connectivity index (χ0) is 14.6. The summed E-state index contributed by atoms with van der Waals surface area (Å²) in [7, 11) is 0. The summed E-state index contributed by atoms with van der Waals surface area (Å²) in [6.07, 6.45) is 7.64. The quantitative estimate of drug-likeness (QED) is 0.790. The first-order valence-electron chi connectivity index (χ1n) is 7.06. The Hall–Kier alpha value is -2.48. The van der Waals surface area contributed by atoms with E-state index in [1.165, 1.54) is 4.90 Å². The van der Waals surface area contributed by atoms with Crippen LogP contribution in [0, 0.1) is 17.8 Å². The average Bonchev–Trinajstić information content (AvgIpc) is 2.94. The predicted octanol–water partition coefficient (Wildman–Crippen LogP) is 2.75. The summed E-state index contributed by atoms with van der Waals surface area (Å²) >= 11 is 0. The Bertz CT molecular complexity index is 782. The highest BCUT2D eigenvalue weighted by molar-refractivity contribution is 5.77. The number of amides is 1. The second-order valence-electron chi connectivity index (χ2n) is 6.13. The lowest BCUT2D eigenvalue weighted by molar-refractivity contribution is 0.137. The Balaban J connectivity index is 1.75. The number of benzene rings is 1. The Kier molecular flexibility index (Phi) is 2.35. The highest BCUT2D eigenvalue weighted by Gasteiger charge is 2.54. The Labute approximate surface area is 122 Å². The molecule has 4 rings (SSSR count). The van der Waals surface area contributed by atoms with E-state index in [1.807, 2.05) is 18.2 Å². The number of fused-ring (bicyclic) bond motifs is 1. The summed E-state index contributed by atoms with van der Waals surface area (Å²) in [5.41, 5.74) is 2.68. The van der Waals surface area contributed by atoms with Gasteiger partial charge in [0.05, 0.1) is 17.1 Å². The van der Waals surface area contributed by atoms with Crippen LogP contribution >= 0.6 is 0 Å². The number of terminal acetylenes is 1. The molecule has 1 aliphatic heterocycles. The van der Waals surface area contributed by atoms with Crippen LogP contribution in [0.15, 0.2) is 18.2 Å². The van der Waals surface area contributed by atoms with E-state index in [0.29, 0.717) is 6.54 Å². The van der Waals surface area contributed by atoms with Gasteiger partial charge in [-0.25, -0.2) is 9.78 Å². The zero-order valence-electron chi connectivity index (χ0n) is 11.5. The molecular formula is C16H15N3O2. The fourth-order valence-electron chi connectivity index (χ4n) is 3.32. The lowest BCUT2D eigenvalue weighted by Crippen LogP contribution is -2.30. The van der Waals surface area contributed by atoms with Crippen molar-refractivity contribution >= 4 is 17.1 Å². The molecule has 0 unspecified atom stereocenters. The minimum Gasteiger partial charge on any atom is -0.465 e. The monoisotopic (exact) mass is 281 g/mol. The molecule has 5 nitrogen and oxygen atoms in total. The normalized spacial score (nSPS) is 22.6. The zero-order valence-corrected chi connectivity index (χ0v) is 11.5. The fourth-order valence-corrected chi connectivity index (χ4v) is 3.32. The largest absolute Gasteiger partial charge is 0.465 e. The van der Waals surface area contributed by atoms with Gasteiger partial charge in [0.2, 0.25) is 0 Å². The lowest BCUT2D eigenvalue weighted by Gasteiger charge is -2.19. The molecule has 2 N–H and O–H groups in total. The van der Waals surface area contributed by atoms with E-state index in [4.69, 9.17) is 6.42 Å². The first kappa shape index (κ1) is 12.3. The highest BCUT2D eigenvalue weighted by atomic mass is 16.4. The summed E-state index contributed by atoms with van der Waals surface area (Å²) in [6.45, 7) is 0.625. The summed E-state index contributed by atoms with van der Waals surface area (Å²) in [4.78, 5) is 20.8. The molecule has 1 saturated heterocycles. The Morgan fingerprint density at radius 3 is 3.00 bits per heavy atom. The third kappa shape index (κ3) is 1.87. The van der Waals surface area contributed by atoms with Gasteiger partial charge in [0.25, 0.3) is 0 Å². The summed E-state index contributed by atoms with van der Waals surface area (Å²) in [5.74, 6) is 3.32. The molecule has 2 heterocycles. The molecule has 106 valence electrons. The molecule has 2 aliphatic rings. The van der Waals surface area contributed by atoms with Crippen molar-refractivity contribution in [3.8, 4) is 12.3 Å². The molecular weight excluding hydrogens is 266 g/mol. The van der Waals surface area contributed by atoms with Crippen LogP contribution in [0.25, 0.3) is 11.0 Å². The van der Waals surface area contributed by atoms with Gasteiger partial charge in [-0.2, -0.15) is 0 Å². The first-order valence-corrected chi connectivity index (χ1v) is 7.06. The number of aromatic nitrogens is 2. The number of imidazole rings is 1. The predicted molar refractivity (Wildman–Crippen MR) is 77.8 cm³/mol. The average molecular weight is 281 g/mol. The van der Waals surface area contributed by atoms with Gasteiger partial charge < -0.3 is 10.1 Å². The van der Waals surface area contributed by atoms with Crippen molar-refractivity contribution in [2.75, 3.05) is 6.54 Å². The van der Waals surface area contributed by atoms with E-state index in [0.717, 1.165) is 41.7 Å². The number of carbonyl (C=O) groups is 1. The second-order valence-corrected chi connectivity index (χ2v) is 6.13. The van der Waals surface area contributed by atoms with Crippen LogP contribution in [0.1, 0.15) is 36.7 Å². The molecule has 1 spiro atoms. The summed E-state index contributed by atoms with van der Waals surface area (Å²) < 4.78 is 0. The second kappa shape index (κ2) is 4.01. The maximum absolute atomic E-state index is 11.5. The van der Waals surface area contributed by atoms with E-state index >= 15 is 0 Å². The molecule has 1 aromatic heterocycles. The van der Waals surface area contributed by atoms with E-state index < -0.39 is 6.09 Å². The standard InChI is InChI=1S/C16H15N3O2/c1-2-10-3-4-11-12(7-10)18-14(17-11)13-8-16(5-6-16)9-19(13)15(20)21/h1,3-4,7,13H,5-6,8-9H2,(H,17,18)(H,20,21)/t13-/m0/s1. The molecule has 2 fully saturated rings. The van der Waals surface area contributed by atoms with Crippen molar-refractivity contribution < 1.29 is 9.90 Å². The number of hydrogen-bond donors (Lipinski definition) is 2. The number of nitrogens with zero attached hydrogens (tertiary/aromatic N) is 2. The molecule has 21 heavy (non-hydrogen) atoms. The van der Waals surface area contributed by atoms with Gasteiger partial charge in [0.1, 0.15) is 5.82 Å². The molecule has 1 saturated carbocycles. The van der Waals surface area contributed by atoms with Crippen molar-refractivity contribution in [2.45, 2.75) is 25.3 Å². The number of hydrogen-bond acceptors (Lipinski definition) is 2. The van der Waals surface area contributed by atoms with E-state index in [1.54, 1.807) is 0 Å². The van der Waals surface area contributed by atoms with Crippen molar-refractivity contribution in [3.05, 3.63) is 29.6 Å². The molecule has 0 bridgehead atoms. The molecule has 1 atom stereocenters. The smallest absolute Gasteiger partial charge is 0.407 e. The third-order valence-electron chi connectivity index (χ3n) is 4.69. The molecule has 0 radical (unpaired) electrons. The topological polar surface area (TPSA) is 69.2 Å². The minimum atomic E-state index is -0.867. The number of rotatable bonds is 1. The Morgan fingerprint density at radius 1 is 1.52 bits per heavy atom. The Morgan fingerprint density at radius 2 is 2.33 bits per heavy atom. The third-order valence-corrected chi connectivity index (χ3v) is 4.69. The number of carboxylic acid groups (broad SMARTS) is 1. The van der Waals surface area contributed by atoms with Crippen molar-refractivity contribution in [1.82, 2.24) is 14.9 Å². The number of likely N-dealkylation sites (tertiary alicyclic amines) is 1. The van der Waals surface area contributed by atoms with Crippen molar-refractivity contribution in [1.29, 1.82) is 0 Å². The molecule has 1 aromatic carbocycles. The van der Waals surface area contributed by atoms with E-state index in [9.17, 15) is 9.90 Å². The van der Waals surface area contributed by atoms with Gasteiger partial charge in [0.15, 0.2) is 0 Å². The molecule has 2 aromatic rings. The van der Waals surface area contributed by atoms with Crippen molar-refractivity contribution in [3.63, 3.8) is 0 Å². The van der Waals surface area contributed by atoms with Gasteiger partial charge in [-0.3, -0.25) is 4.90 Å². The van der Waals surface area contributed by atoms with Gasteiger partial charge in [-0.1, -0.05) is 5.92 Å². The highest BCUT2D eigenvalue weighted by Crippen LogP contribution is 2.58. The maximum atomic E-state index is 11.5. The lowest BCUT2D eigenvalue weighted by atomic mass is 10.0. The van der Waals surface area contributed by atoms with Gasteiger partial charge in [-0.05, 0) is 42.9 Å². The van der Waals surface area contributed by atoms with Crippen LogP contribution in [0.3, 0.4) is 0 Å². The number of H-pyrrole nitrogens is 1. The summed E-state index contributed by atoms with van der Waals surface area (Å²) in [6, 6.07) is 5.42. The van der Waals surface area contributed by atoms with Crippen LogP contribution in [-0.2, 0) is 0 Å². The van der Waals surface area contributed by atoms with Crippen LogP contribution < -0.4 is 0 Å².